The van der Waals surface area contributed by atoms with Crippen molar-refractivity contribution in [2.45, 2.75) is 6.42 Å². The summed E-state index contributed by atoms with van der Waals surface area (Å²) in [6.07, 6.45) is 4.03. The summed E-state index contributed by atoms with van der Waals surface area (Å²) in [6.45, 7) is 7.00. The minimum absolute atomic E-state index is 0.476. The number of hydrogen-bond acceptors (Lipinski definition) is 2. The van der Waals surface area contributed by atoms with Crippen molar-refractivity contribution in [2.75, 3.05) is 6.54 Å². The molecular formula is C7H7N3. The molecule has 50 valence electrons. The van der Waals surface area contributed by atoms with E-state index >= 15 is 0 Å². The van der Waals surface area contributed by atoms with Crippen molar-refractivity contribution < 1.29 is 0 Å². The summed E-state index contributed by atoms with van der Waals surface area (Å²) >= 11 is 0. The minimum Gasteiger partial charge on any atom is -0.316 e. The molecule has 0 bridgehead atoms. The van der Waals surface area contributed by atoms with E-state index in [0.717, 1.165) is 5.82 Å². The lowest BCUT2D eigenvalue weighted by molar-refractivity contribution is 0.917. The predicted molar refractivity (Wildman–Crippen MR) is 37.2 cm³/mol. The van der Waals surface area contributed by atoms with Gasteiger partial charge in [0.2, 0.25) is 6.54 Å². The average molecular weight is 133 g/mol. The monoisotopic (exact) mass is 133 g/mol. The third-order valence-electron chi connectivity index (χ3n) is 1.07. The van der Waals surface area contributed by atoms with Crippen LogP contribution in [0.15, 0.2) is 18.5 Å². The van der Waals surface area contributed by atoms with Crippen molar-refractivity contribution in [1.29, 1.82) is 0 Å². The Morgan fingerprint density at radius 3 is 2.70 bits per heavy atom. The molecule has 0 saturated heterocycles. The second kappa shape index (κ2) is 3.57. The van der Waals surface area contributed by atoms with Gasteiger partial charge >= 0.3 is 0 Å². The molecule has 3 nitrogen and oxygen atoms in total. The van der Waals surface area contributed by atoms with E-state index < -0.39 is 0 Å². The van der Waals surface area contributed by atoms with Gasteiger partial charge in [-0.2, -0.15) is 0 Å². The van der Waals surface area contributed by atoms with Gasteiger partial charge in [0, 0.05) is 12.4 Å². The van der Waals surface area contributed by atoms with Crippen LogP contribution in [-0.4, -0.2) is 16.5 Å². The van der Waals surface area contributed by atoms with Gasteiger partial charge in [-0.25, -0.2) is 16.5 Å². The van der Waals surface area contributed by atoms with E-state index in [9.17, 15) is 0 Å². The van der Waals surface area contributed by atoms with Crippen LogP contribution in [0.25, 0.3) is 4.85 Å². The van der Waals surface area contributed by atoms with Crippen molar-refractivity contribution in [3.63, 3.8) is 0 Å². The predicted octanol–water partition coefficient (Wildman–Crippen LogP) is 0.938. The minimum atomic E-state index is 0.476. The topological polar surface area (TPSA) is 30.1 Å². The van der Waals surface area contributed by atoms with Crippen LogP contribution in [-0.2, 0) is 6.42 Å². The zero-order valence-electron chi connectivity index (χ0n) is 5.49. The summed E-state index contributed by atoms with van der Waals surface area (Å²) in [7, 11) is 0. The molecule has 0 aromatic carbocycles. The Morgan fingerprint density at radius 1 is 1.40 bits per heavy atom. The van der Waals surface area contributed by atoms with Crippen molar-refractivity contribution in [2.24, 2.45) is 0 Å². The number of aromatic nitrogens is 2. The van der Waals surface area contributed by atoms with E-state index in [1.807, 2.05) is 0 Å². The first-order chi connectivity index (χ1) is 4.93. The maximum Gasteiger partial charge on any atom is 0.221 e. The third-order valence-corrected chi connectivity index (χ3v) is 1.07. The molecule has 0 fully saturated rings. The van der Waals surface area contributed by atoms with Gasteiger partial charge in [-0.15, -0.1) is 0 Å². The molecule has 0 radical (unpaired) electrons. The first kappa shape index (κ1) is 6.69. The Labute approximate surface area is 59.6 Å². The molecular weight excluding hydrogens is 126 g/mol. The number of nitrogens with zero attached hydrogens (tertiary/aromatic N) is 3. The van der Waals surface area contributed by atoms with E-state index in [-0.39, 0.29) is 0 Å². The molecule has 1 aromatic heterocycles. The Bertz CT molecular complexity index is 224. The van der Waals surface area contributed by atoms with Gasteiger partial charge in [-0.3, -0.25) is 0 Å². The lowest BCUT2D eigenvalue weighted by atomic mass is 10.4. The summed E-state index contributed by atoms with van der Waals surface area (Å²) in [6, 6.07) is 1.77. The van der Waals surface area contributed by atoms with Crippen LogP contribution in [0.5, 0.6) is 0 Å². The maximum absolute atomic E-state index is 6.52. The second-order valence-corrected chi connectivity index (χ2v) is 1.80. The quantitative estimate of drug-likeness (QED) is 0.562. The fourth-order valence-corrected chi connectivity index (χ4v) is 0.615. The normalized spacial score (nSPS) is 8.70. The highest BCUT2D eigenvalue weighted by Crippen LogP contribution is 1.88. The molecule has 0 aliphatic heterocycles. The molecule has 3 heteroatoms. The smallest absolute Gasteiger partial charge is 0.221 e. The summed E-state index contributed by atoms with van der Waals surface area (Å²) in [4.78, 5) is 11.1. The van der Waals surface area contributed by atoms with Gasteiger partial charge in [0.25, 0.3) is 0 Å². The average Bonchev–Trinajstić information content (AvgIpc) is 2.03. The summed E-state index contributed by atoms with van der Waals surface area (Å²) in [5.41, 5.74) is 0. The second-order valence-electron chi connectivity index (χ2n) is 1.80. The Balaban J connectivity index is 2.52. The molecule has 0 unspecified atom stereocenters. The molecule has 1 heterocycles. The molecule has 0 aliphatic carbocycles. The van der Waals surface area contributed by atoms with Gasteiger partial charge in [0.15, 0.2) is 0 Å². The van der Waals surface area contributed by atoms with Gasteiger partial charge in [0.05, 0.1) is 6.42 Å². The molecule has 10 heavy (non-hydrogen) atoms. The summed E-state index contributed by atoms with van der Waals surface area (Å²) in [5, 5.41) is 0. The molecule has 1 rings (SSSR count). The van der Waals surface area contributed by atoms with Crippen LogP contribution in [0, 0.1) is 6.57 Å². The van der Waals surface area contributed by atoms with Crippen LogP contribution < -0.4 is 0 Å². The fourth-order valence-electron chi connectivity index (χ4n) is 0.615. The molecule has 0 N–H and O–H groups in total. The Kier molecular flexibility index (Phi) is 2.39. The van der Waals surface area contributed by atoms with Crippen molar-refractivity contribution >= 4 is 0 Å². The van der Waals surface area contributed by atoms with Crippen LogP contribution in [0.1, 0.15) is 5.82 Å². The maximum atomic E-state index is 6.52. The number of hydrogen-bond donors (Lipinski definition) is 0. The molecule has 1 aromatic rings. The molecule has 0 atom stereocenters. The molecule has 0 amide bonds. The van der Waals surface area contributed by atoms with E-state index in [1.54, 1.807) is 18.5 Å². The van der Waals surface area contributed by atoms with Gasteiger partial charge in [0.1, 0.15) is 5.82 Å². The van der Waals surface area contributed by atoms with Crippen LogP contribution in [0.2, 0.25) is 0 Å². The summed E-state index contributed by atoms with van der Waals surface area (Å²) < 4.78 is 0. The van der Waals surface area contributed by atoms with E-state index in [0.29, 0.717) is 13.0 Å². The van der Waals surface area contributed by atoms with E-state index in [2.05, 4.69) is 14.8 Å². The zero-order chi connectivity index (χ0) is 7.23. The highest BCUT2D eigenvalue weighted by atomic mass is 14.9. The highest BCUT2D eigenvalue weighted by molar-refractivity contribution is 4.90. The molecule has 0 spiro atoms. The van der Waals surface area contributed by atoms with Crippen molar-refractivity contribution in [1.82, 2.24) is 9.97 Å². The Hall–Kier alpha value is -1.43. The lowest BCUT2D eigenvalue weighted by Gasteiger charge is -1.89. The fraction of sp³-hybridized carbons (Fsp3) is 0.286. The SMILES string of the molecule is [C-]#[N+]CCc1ncccn1. The summed E-state index contributed by atoms with van der Waals surface area (Å²) in [5.74, 6) is 0.749. The van der Waals surface area contributed by atoms with Crippen molar-refractivity contribution in [3.05, 3.63) is 35.7 Å². The molecule has 0 aliphatic rings. The van der Waals surface area contributed by atoms with Gasteiger partial charge in [-0.1, -0.05) is 0 Å². The first-order valence-corrected chi connectivity index (χ1v) is 3.02. The highest BCUT2D eigenvalue weighted by Gasteiger charge is 1.93. The standard InChI is InChI=1S/C7H7N3/c1-8-6-3-7-9-4-2-5-10-7/h2,4-5H,3,6H2. The third kappa shape index (κ3) is 1.82. The largest absolute Gasteiger partial charge is 0.316 e. The Morgan fingerprint density at radius 2 is 2.10 bits per heavy atom. The number of rotatable bonds is 2. The molecule has 0 saturated carbocycles. The zero-order valence-corrected chi connectivity index (χ0v) is 5.49. The van der Waals surface area contributed by atoms with Crippen LogP contribution >= 0.6 is 0 Å². The van der Waals surface area contributed by atoms with E-state index in [1.165, 1.54) is 0 Å². The first-order valence-electron chi connectivity index (χ1n) is 3.02. The van der Waals surface area contributed by atoms with E-state index in [4.69, 9.17) is 6.57 Å². The van der Waals surface area contributed by atoms with Crippen LogP contribution in [0.3, 0.4) is 0 Å². The van der Waals surface area contributed by atoms with Gasteiger partial charge in [-0.05, 0) is 6.07 Å². The van der Waals surface area contributed by atoms with Crippen molar-refractivity contribution in [3.8, 4) is 0 Å². The van der Waals surface area contributed by atoms with Gasteiger partial charge < -0.3 is 4.85 Å². The van der Waals surface area contributed by atoms with Crippen LogP contribution in [0.4, 0.5) is 0 Å². The lowest BCUT2D eigenvalue weighted by Crippen LogP contribution is -1.94.